The molecule has 98 valence electrons. The summed E-state index contributed by atoms with van der Waals surface area (Å²) in [6.07, 6.45) is 3.32. The van der Waals surface area contributed by atoms with Gasteiger partial charge >= 0.3 is 0 Å². The van der Waals surface area contributed by atoms with Gasteiger partial charge in [0.05, 0.1) is 6.04 Å². The Kier molecular flexibility index (Phi) is 3.86. The van der Waals surface area contributed by atoms with Crippen LogP contribution in [0.3, 0.4) is 0 Å². The van der Waals surface area contributed by atoms with E-state index in [0.717, 1.165) is 24.9 Å². The highest BCUT2D eigenvalue weighted by Gasteiger charge is 2.22. The van der Waals surface area contributed by atoms with E-state index in [4.69, 9.17) is 0 Å². The highest BCUT2D eigenvalue weighted by atomic mass is 16.1. The Hall–Kier alpha value is -1.15. The minimum absolute atomic E-state index is 0.0271. The molecule has 1 heterocycles. The molecule has 2 nitrogen and oxygen atoms in total. The zero-order valence-corrected chi connectivity index (χ0v) is 11.6. The Morgan fingerprint density at radius 1 is 1.17 bits per heavy atom. The van der Waals surface area contributed by atoms with Crippen LogP contribution in [-0.2, 0) is 5.41 Å². The van der Waals surface area contributed by atoms with Crippen molar-refractivity contribution in [2.75, 3.05) is 6.54 Å². The van der Waals surface area contributed by atoms with Crippen molar-refractivity contribution in [3.05, 3.63) is 35.4 Å². The van der Waals surface area contributed by atoms with Crippen molar-refractivity contribution in [3.63, 3.8) is 0 Å². The molecule has 1 atom stereocenters. The SMILES string of the molecule is CC(C)(C)c1ccc(C(=O)C2CCCCN2)cc1. The van der Waals surface area contributed by atoms with Crippen molar-refractivity contribution in [2.45, 2.75) is 51.5 Å². The molecule has 1 aromatic carbocycles. The summed E-state index contributed by atoms with van der Waals surface area (Å²) >= 11 is 0. The molecule has 0 amide bonds. The van der Waals surface area contributed by atoms with E-state index in [1.54, 1.807) is 0 Å². The molecule has 2 rings (SSSR count). The van der Waals surface area contributed by atoms with Crippen molar-refractivity contribution in [2.24, 2.45) is 0 Å². The third-order valence-corrected chi connectivity index (χ3v) is 3.66. The Labute approximate surface area is 110 Å². The molecule has 1 aromatic rings. The quantitative estimate of drug-likeness (QED) is 0.810. The molecule has 1 aliphatic rings. The highest BCUT2D eigenvalue weighted by Crippen LogP contribution is 2.23. The third-order valence-electron chi connectivity index (χ3n) is 3.66. The number of Topliss-reactive ketones (excluding diaryl/α,β-unsaturated/α-hetero) is 1. The van der Waals surface area contributed by atoms with E-state index in [-0.39, 0.29) is 17.2 Å². The summed E-state index contributed by atoms with van der Waals surface area (Å²) in [5.74, 6) is 0.246. The normalized spacial score (nSPS) is 20.7. The number of hydrogen-bond donors (Lipinski definition) is 1. The van der Waals surface area contributed by atoms with Gasteiger partial charge in [-0.3, -0.25) is 4.79 Å². The molecular formula is C16H23NO. The zero-order chi connectivity index (χ0) is 13.2. The van der Waals surface area contributed by atoms with Gasteiger partial charge in [0.2, 0.25) is 0 Å². The van der Waals surface area contributed by atoms with Gasteiger partial charge in [0.15, 0.2) is 5.78 Å². The number of rotatable bonds is 2. The van der Waals surface area contributed by atoms with Crippen LogP contribution in [0.4, 0.5) is 0 Å². The second-order valence-electron chi connectivity index (χ2n) is 6.19. The molecule has 1 N–H and O–H groups in total. The first-order valence-corrected chi connectivity index (χ1v) is 6.86. The molecule has 18 heavy (non-hydrogen) atoms. The number of nitrogens with one attached hydrogen (secondary N) is 1. The van der Waals surface area contributed by atoms with Crippen LogP contribution in [0.15, 0.2) is 24.3 Å². The second kappa shape index (κ2) is 5.23. The summed E-state index contributed by atoms with van der Waals surface area (Å²) in [5, 5.41) is 3.31. The topological polar surface area (TPSA) is 29.1 Å². The van der Waals surface area contributed by atoms with E-state index in [2.05, 4.69) is 38.2 Å². The maximum atomic E-state index is 12.3. The standard InChI is InChI=1S/C16H23NO/c1-16(2,3)13-9-7-12(8-10-13)15(18)14-6-4-5-11-17-14/h7-10,14,17H,4-6,11H2,1-3H3. The molecule has 0 radical (unpaired) electrons. The van der Waals surface area contributed by atoms with Crippen molar-refractivity contribution < 1.29 is 4.79 Å². The second-order valence-corrected chi connectivity index (χ2v) is 6.19. The van der Waals surface area contributed by atoms with E-state index in [9.17, 15) is 4.79 Å². The van der Waals surface area contributed by atoms with Gasteiger partial charge in [-0.15, -0.1) is 0 Å². The van der Waals surface area contributed by atoms with Gasteiger partial charge in [0, 0.05) is 5.56 Å². The van der Waals surface area contributed by atoms with Crippen molar-refractivity contribution in [1.82, 2.24) is 5.32 Å². The van der Waals surface area contributed by atoms with Gasteiger partial charge < -0.3 is 5.32 Å². The molecular weight excluding hydrogens is 222 g/mol. The zero-order valence-electron chi connectivity index (χ0n) is 11.6. The lowest BCUT2D eigenvalue weighted by atomic mass is 9.86. The van der Waals surface area contributed by atoms with Gasteiger partial charge in [0.1, 0.15) is 0 Å². The van der Waals surface area contributed by atoms with Gasteiger partial charge in [-0.25, -0.2) is 0 Å². The van der Waals surface area contributed by atoms with Gasteiger partial charge in [0.25, 0.3) is 0 Å². The van der Waals surface area contributed by atoms with Crippen LogP contribution in [0.5, 0.6) is 0 Å². The Bertz CT molecular complexity index is 408. The molecule has 1 fully saturated rings. The number of ketones is 1. The predicted molar refractivity (Wildman–Crippen MR) is 75.1 cm³/mol. The smallest absolute Gasteiger partial charge is 0.179 e. The predicted octanol–water partition coefficient (Wildman–Crippen LogP) is 3.31. The summed E-state index contributed by atoms with van der Waals surface area (Å²) in [5.41, 5.74) is 2.25. The van der Waals surface area contributed by atoms with E-state index in [1.165, 1.54) is 12.0 Å². The minimum atomic E-state index is 0.0271. The molecule has 0 bridgehead atoms. The maximum absolute atomic E-state index is 12.3. The lowest BCUT2D eigenvalue weighted by Crippen LogP contribution is -2.40. The van der Waals surface area contributed by atoms with Crippen LogP contribution in [0.1, 0.15) is 56.0 Å². The minimum Gasteiger partial charge on any atom is -0.307 e. The van der Waals surface area contributed by atoms with Gasteiger partial charge in [-0.1, -0.05) is 51.5 Å². The highest BCUT2D eigenvalue weighted by molar-refractivity contribution is 6.00. The number of hydrogen-bond acceptors (Lipinski definition) is 2. The summed E-state index contributed by atoms with van der Waals surface area (Å²) < 4.78 is 0. The Morgan fingerprint density at radius 3 is 2.33 bits per heavy atom. The van der Waals surface area contributed by atoms with Crippen molar-refractivity contribution in [3.8, 4) is 0 Å². The molecule has 0 aliphatic carbocycles. The fourth-order valence-corrected chi connectivity index (χ4v) is 2.41. The number of piperidine rings is 1. The van der Waals surface area contributed by atoms with Crippen LogP contribution >= 0.6 is 0 Å². The van der Waals surface area contributed by atoms with Crippen LogP contribution < -0.4 is 5.32 Å². The van der Waals surface area contributed by atoms with E-state index < -0.39 is 0 Å². The average molecular weight is 245 g/mol. The van der Waals surface area contributed by atoms with Crippen molar-refractivity contribution >= 4 is 5.78 Å². The van der Waals surface area contributed by atoms with E-state index in [0.29, 0.717) is 0 Å². The van der Waals surface area contributed by atoms with E-state index in [1.807, 2.05) is 12.1 Å². The third kappa shape index (κ3) is 2.99. The summed E-state index contributed by atoms with van der Waals surface area (Å²) in [7, 11) is 0. The molecule has 0 spiro atoms. The van der Waals surface area contributed by atoms with Crippen LogP contribution in [0, 0.1) is 0 Å². The first-order chi connectivity index (χ1) is 8.48. The monoisotopic (exact) mass is 245 g/mol. The molecule has 2 heteroatoms. The maximum Gasteiger partial charge on any atom is 0.179 e. The first kappa shape index (κ1) is 13.3. The van der Waals surface area contributed by atoms with Crippen LogP contribution in [0.2, 0.25) is 0 Å². The van der Waals surface area contributed by atoms with Gasteiger partial charge in [-0.2, -0.15) is 0 Å². The van der Waals surface area contributed by atoms with Crippen LogP contribution in [-0.4, -0.2) is 18.4 Å². The Morgan fingerprint density at radius 2 is 1.83 bits per heavy atom. The number of benzene rings is 1. The fourth-order valence-electron chi connectivity index (χ4n) is 2.41. The number of carbonyl (C=O) groups is 1. The van der Waals surface area contributed by atoms with E-state index >= 15 is 0 Å². The largest absolute Gasteiger partial charge is 0.307 e. The molecule has 0 aromatic heterocycles. The Balaban J connectivity index is 2.11. The van der Waals surface area contributed by atoms with Crippen LogP contribution in [0.25, 0.3) is 0 Å². The molecule has 0 saturated carbocycles. The van der Waals surface area contributed by atoms with Crippen molar-refractivity contribution in [1.29, 1.82) is 0 Å². The fraction of sp³-hybridized carbons (Fsp3) is 0.562. The first-order valence-electron chi connectivity index (χ1n) is 6.86. The number of carbonyl (C=O) groups excluding carboxylic acids is 1. The molecule has 1 saturated heterocycles. The average Bonchev–Trinajstić information content (AvgIpc) is 2.38. The lowest BCUT2D eigenvalue weighted by molar-refractivity contribution is 0.0927. The van der Waals surface area contributed by atoms with Gasteiger partial charge in [-0.05, 0) is 30.4 Å². The lowest BCUT2D eigenvalue weighted by Gasteiger charge is -2.23. The molecule has 1 aliphatic heterocycles. The summed E-state index contributed by atoms with van der Waals surface area (Å²) in [4.78, 5) is 12.3. The summed E-state index contributed by atoms with van der Waals surface area (Å²) in [6.45, 7) is 7.53. The molecule has 1 unspecified atom stereocenters. The summed E-state index contributed by atoms with van der Waals surface area (Å²) in [6, 6.07) is 8.13.